The molecule has 0 saturated carbocycles. The van der Waals surface area contributed by atoms with Gasteiger partial charge in [-0.3, -0.25) is 4.79 Å². The van der Waals surface area contributed by atoms with E-state index in [0.29, 0.717) is 22.7 Å². The molecule has 4 rings (SSSR count). The van der Waals surface area contributed by atoms with Crippen molar-refractivity contribution in [2.24, 2.45) is 0 Å². The molecule has 2 aromatic carbocycles. The van der Waals surface area contributed by atoms with Crippen molar-refractivity contribution in [1.29, 1.82) is 0 Å². The molecule has 0 aliphatic heterocycles. The van der Waals surface area contributed by atoms with E-state index in [2.05, 4.69) is 16.0 Å². The number of aliphatic carboxylic acids is 1. The van der Waals surface area contributed by atoms with Gasteiger partial charge in [-0.25, -0.2) is 9.97 Å². The highest BCUT2D eigenvalue weighted by atomic mass is 32.2. The van der Waals surface area contributed by atoms with Gasteiger partial charge in [0.25, 0.3) is 0 Å². The lowest BCUT2D eigenvalue weighted by Gasteiger charge is -2.06. The maximum atomic E-state index is 12.8. The fourth-order valence-electron chi connectivity index (χ4n) is 3.21. The summed E-state index contributed by atoms with van der Waals surface area (Å²) < 4.78 is 39.5. The zero-order valence-corrected chi connectivity index (χ0v) is 20.1. The average molecular weight is 509 g/mol. The van der Waals surface area contributed by atoms with Gasteiger partial charge >= 0.3 is 12.1 Å². The molecule has 0 radical (unpaired) electrons. The number of rotatable bonds is 7. The second-order valence-electron chi connectivity index (χ2n) is 7.48. The van der Waals surface area contributed by atoms with E-state index in [1.807, 2.05) is 19.9 Å². The number of benzene rings is 2. The first kappa shape index (κ1) is 23.7. The Balaban J connectivity index is 1.49. The molecular formula is C23H19F3N2O2S3. The molecule has 4 nitrogen and oxygen atoms in total. The highest BCUT2D eigenvalue weighted by Crippen LogP contribution is 2.37. The summed E-state index contributed by atoms with van der Waals surface area (Å²) in [5.41, 5.74) is 2.84. The lowest BCUT2D eigenvalue weighted by atomic mass is 10.1. The number of hydrogen-bond acceptors (Lipinski definition) is 6. The van der Waals surface area contributed by atoms with Gasteiger partial charge in [0.2, 0.25) is 0 Å². The molecule has 2 aromatic heterocycles. The Hall–Kier alpha value is -2.43. The quantitative estimate of drug-likeness (QED) is 0.264. The van der Waals surface area contributed by atoms with Crippen molar-refractivity contribution >= 4 is 50.6 Å². The highest BCUT2D eigenvalue weighted by Gasteiger charge is 2.30. The summed E-state index contributed by atoms with van der Waals surface area (Å²) >= 11 is 4.68. The number of carboxylic acids is 1. The number of carbonyl (C=O) groups is 1. The van der Waals surface area contributed by atoms with Gasteiger partial charge in [-0.2, -0.15) is 13.2 Å². The highest BCUT2D eigenvalue weighted by molar-refractivity contribution is 7.98. The standard InChI is InChI=1S/C23H19F3N2O2S3/c1-12-9-16-18(32-20(28-16)7-8-21(29)30)10-17(12)31-11-19-13(2)27-22(33-19)14-3-5-15(6-4-14)23(24,25)26/h3-6,9-10H,7-8,11H2,1-2H3,(H,29,30). The third kappa shape index (κ3) is 5.56. The van der Waals surface area contributed by atoms with Crippen LogP contribution in [-0.4, -0.2) is 21.0 Å². The molecule has 33 heavy (non-hydrogen) atoms. The Labute approximate surface area is 200 Å². The Morgan fingerprint density at radius 1 is 1.09 bits per heavy atom. The van der Waals surface area contributed by atoms with Crippen molar-refractivity contribution in [2.45, 2.75) is 43.5 Å². The smallest absolute Gasteiger partial charge is 0.416 e. The van der Waals surface area contributed by atoms with Crippen LogP contribution in [0.3, 0.4) is 0 Å². The Kier molecular flexibility index (Phi) is 6.78. The van der Waals surface area contributed by atoms with E-state index in [4.69, 9.17) is 5.11 Å². The van der Waals surface area contributed by atoms with Gasteiger partial charge in [0.1, 0.15) is 5.01 Å². The first-order valence-electron chi connectivity index (χ1n) is 9.99. The van der Waals surface area contributed by atoms with Gasteiger partial charge < -0.3 is 5.11 Å². The van der Waals surface area contributed by atoms with Gasteiger partial charge in [0, 0.05) is 27.5 Å². The summed E-state index contributed by atoms with van der Waals surface area (Å²) in [6, 6.07) is 9.19. The summed E-state index contributed by atoms with van der Waals surface area (Å²) in [6.45, 7) is 3.93. The Bertz CT molecular complexity index is 1310. The zero-order valence-electron chi connectivity index (χ0n) is 17.7. The third-order valence-corrected chi connectivity index (χ3v) is 8.64. The predicted octanol–water partition coefficient (Wildman–Crippen LogP) is 7.36. The van der Waals surface area contributed by atoms with Crippen LogP contribution in [0.1, 0.15) is 33.1 Å². The maximum Gasteiger partial charge on any atom is 0.416 e. The number of aromatic nitrogens is 2. The second-order valence-corrected chi connectivity index (χ2v) is 10.7. The van der Waals surface area contributed by atoms with E-state index in [-0.39, 0.29) is 6.42 Å². The fraction of sp³-hybridized carbons (Fsp3) is 0.261. The van der Waals surface area contributed by atoms with Crippen LogP contribution in [0.25, 0.3) is 20.8 Å². The molecule has 0 unspecified atom stereocenters. The maximum absolute atomic E-state index is 12.8. The number of alkyl halides is 3. The van der Waals surface area contributed by atoms with Crippen molar-refractivity contribution in [1.82, 2.24) is 9.97 Å². The molecule has 10 heteroatoms. The fourth-order valence-corrected chi connectivity index (χ4v) is 6.54. The number of thioether (sulfide) groups is 1. The van der Waals surface area contributed by atoms with Crippen LogP contribution in [0.4, 0.5) is 13.2 Å². The molecule has 0 aliphatic carbocycles. The van der Waals surface area contributed by atoms with E-state index >= 15 is 0 Å². The van der Waals surface area contributed by atoms with Crippen molar-refractivity contribution in [2.75, 3.05) is 0 Å². The molecule has 0 bridgehead atoms. The van der Waals surface area contributed by atoms with Crippen molar-refractivity contribution in [3.05, 3.63) is 63.1 Å². The van der Waals surface area contributed by atoms with Crippen molar-refractivity contribution in [3.63, 3.8) is 0 Å². The molecule has 2 heterocycles. The number of carboxylic acid groups (broad SMARTS) is 1. The molecule has 0 atom stereocenters. The zero-order chi connectivity index (χ0) is 23.8. The minimum atomic E-state index is -4.35. The average Bonchev–Trinajstić information content (AvgIpc) is 3.32. The topological polar surface area (TPSA) is 63.1 Å². The second kappa shape index (κ2) is 9.44. The molecule has 4 aromatic rings. The van der Waals surface area contributed by atoms with Crippen molar-refractivity contribution < 1.29 is 23.1 Å². The van der Waals surface area contributed by atoms with E-state index in [1.165, 1.54) is 34.8 Å². The molecular weight excluding hydrogens is 489 g/mol. The van der Waals surface area contributed by atoms with Gasteiger partial charge in [0.05, 0.1) is 32.9 Å². The van der Waals surface area contributed by atoms with Crippen LogP contribution in [0.15, 0.2) is 41.3 Å². The Morgan fingerprint density at radius 2 is 1.82 bits per heavy atom. The number of aryl methyl sites for hydroxylation is 3. The molecule has 0 spiro atoms. The number of thiazole rings is 2. The molecule has 1 N–H and O–H groups in total. The number of hydrogen-bond donors (Lipinski definition) is 1. The van der Waals surface area contributed by atoms with Crippen LogP contribution < -0.4 is 0 Å². The summed E-state index contributed by atoms with van der Waals surface area (Å²) in [6.07, 6.45) is -3.87. The van der Waals surface area contributed by atoms with Crippen LogP contribution in [0.2, 0.25) is 0 Å². The van der Waals surface area contributed by atoms with Gasteiger partial charge in [0.15, 0.2) is 0 Å². The van der Waals surface area contributed by atoms with Gasteiger partial charge in [-0.15, -0.1) is 34.4 Å². The van der Waals surface area contributed by atoms with Gasteiger partial charge in [-0.1, -0.05) is 12.1 Å². The first-order valence-corrected chi connectivity index (χ1v) is 12.6. The molecule has 0 saturated heterocycles. The summed E-state index contributed by atoms with van der Waals surface area (Å²) in [5.74, 6) is -0.140. The Morgan fingerprint density at radius 3 is 2.48 bits per heavy atom. The van der Waals surface area contributed by atoms with Crippen LogP contribution in [-0.2, 0) is 23.1 Å². The lowest BCUT2D eigenvalue weighted by Crippen LogP contribution is -2.03. The minimum Gasteiger partial charge on any atom is -0.481 e. The lowest BCUT2D eigenvalue weighted by molar-refractivity contribution is -0.138. The third-order valence-electron chi connectivity index (χ3n) is 4.99. The predicted molar refractivity (Wildman–Crippen MR) is 127 cm³/mol. The van der Waals surface area contributed by atoms with Gasteiger partial charge in [-0.05, 0) is 43.7 Å². The number of halogens is 3. The number of nitrogens with zero attached hydrogens (tertiary/aromatic N) is 2. The summed E-state index contributed by atoms with van der Waals surface area (Å²) in [7, 11) is 0. The van der Waals surface area contributed by atoms with Crippen molar-refractivity contribution in [3.8, 4) is 10.6 Å². The van der Waals surface area contributed by atoms with E-state index in [1.54, 1.807) is 11.8 Å². The van der Waals surface area contributed by atoms with Crippen LogP contribution in [0, 0.1) is 13.8 Å². The van der Waals surface area contributed by atoms with Crippen LogP contribution >= 0.6 is 34.4 Å². The molecule has 0 fully saturated rings. The minimum absolute atomic E-state index is 0.0618. The van der Waals surface area contributed by atoms with E-state index in [9.17, 15) is 18.0 Å². The molecule has 0 amide bonds. The SMILES string of the molecule is Cc1cc2nc(CCC(=O)O)sc2cc1SCc1sc(-c2ccc(C(F)(F)F)cc2)nc1C. The molecule has 0 aliphatic rings. The van der Waals surface area contributed by atoms with E-state index in [0.717, 1.165) is 48.4 Å². The van der Waals surface area contributed by atoms with Crippen LogP contribution in [0.5, 0.6) is 0 Å². The normalized spacial score (nSPS) is 11.9. The molecule has 172 valence electrons. The number of fused-ring (bicyclic) bond motifs is 1. The van der Waals surface area contributed by atoms with E-state index < -0.39 is 17.7 Å². The monoisotopic (exact) mass is 508 g/mol. The summed E-state index contributed by atoms with van der Waals surface area (Å²) in [5, 5.41) is 10.4. The first-order chi connectivity index (χ1) is 15.6. The largest absolute Gasteiger partial charge is 0.481 e. The summed E-state index contributed by atoms with van der Waals surface area (Å²) in [4.78, 5) is 22.1.